The van der Waals surface area contributed by atoms with E-state index in [-0.39, 0.29) is 12.7 Å². The van der Waals surface area contributed by atoms with Gasteiger partial charge in [-0.15, -0.1) is 0 Å². The van der Waals surface area contributed by atoms with Gasteiger partial charge in [0.05, 0.1) is 19.3 Å². The molecule has 0 saturated carbocycles. The Morgan fingerprint density at radius 3 is 2.83 bits per heavy atom. The van der Waals surface area contributed by atoms with Crippen molar-refractivity contribution in [3.8, 4) is 11.5 Å². The summed E-state index contributed by atoms with van der Waals surface area (Å²) >= 11 is 0. The molecule has 5 nitrogen and oxygen atoms in total. The molecule has 1 saturated heterocycles. The second-order valence-electron chi connectivity index (χ2n) is 4.45. The van der Waals surface area contributed by atoms with Gasteiger partial charge in [-0.25, -0.2) is 0 Å². The summed E-state index contributed by atoms with van der Waals surface area (Å²) in [5.41, 5.74) is 1.08. The van der Waals surface area contributed by atoms with E-state index in [1.807, 2.05) is 18.2 Å². The Kier molecular flexibility index (Phi) is 3.25. The number of benzene rings is 1. The number of fused-ring (bicyclic) bond motifs is 1. The SMILES string of the molecule is OCC1CN(c2ccc3c(c2)OCCO3)CCO1. The van der Waals surface area contributed by atoms with Gasteiger partial charge in [0.25, 0.3) is 0 Å². The molecular formula is C13H17NO4. The second kappa shape index (κ2) is 5.04. The van der Waals surface area contributed by atoms with Crippen molar-refractivity contribution in [2.45, 2.75) is 6.10 Å². The molecule has 0 bridgehead atoms. The number of hydrogen-bond acceptors (Lipinski definition) is 5. The van der Waals surface area contributed by atoms with Gasteiger partial charge in [0.1, 0.15) is 13.2 Å². The molecule has 0 aromatic heterocycles. The highest BCUT2D eigenvalue weighted by atomic mass is 16.6. The lowest BCUT2D eigenvalue weighted by Crippen LogP contribution is -2.44. The van der Waals surface area contributed by atoms with E-state index in [0.717, 1.165) is 23.7 Å². The maximum absolute atomic E-state index is 9.15. The van der Waals surface area contributed by atoms with Crippen molar-refractivity contribution >= 4 is 5.69 Å². The molecule has 5 heteroatoms. The fraction of sp³-hybridized carbons (Fsp3) is 0.538. The topological polar surface area (TPSA) is 51.2 Å². The average molecular weight is 251 g/mol. The number of anilines is 1. The van der Waals surface area contributed by atoms with Crippen molar-refractivity contribution in [1.82, 2.24) is 0 Å². The predicted octanol–water partition coefficient (Wildman–Crippen LogP) is 0.655. The Morgan fingerprint density at radius 1 is 1.17 bits per heavy atom. The van der Waals surface area contributed by atoms with E-state index in [4.69, 9.17) is 19.3 Å². The molecule has 18 heavy (non-hydrogen) atoms. The highest BCUT2D eigenvalue weighted by Crippen LogP contribution is 2.34. The monoisotopic (exact) mass is 251 g/mol. The summed E-state index contributed by atoms with van der Waals surface area (Å²) in [5.74, 6) is 1.60. The molecule has 0 spiro atoms. The van der Waals surface area contributed by atoms with E-state index < -0.39 is 0 Å². The molecule has 1 aromatic rings. The van der Waals surface area contributed by atoms with Crippen LogP contribution in [0, 0.1) is 0 Å². The molecule has 3 rings (SSSR count). The van der Waals surface area contributed by atoms with Crippen LogP contribution in [0.25, 0.3) is 0 Å². The summed E-state index contributed by atoms with van der Waals surface area (Å²) in [6, 6.07) is 5.95. The van der Waals surface area contributed by atoms with Gasteiger partial charge in [0, 0.05) is 24.8 Å². The lowest BCUT2D eigenvalue weighted by molar-refractivity contribution is 0.00355. The van der Waals surface area contributed by atoms with E-state index in [0.29, 0.717) is 26.4 Å². The zero-order valence-corrected chi connectivity index (χ0v) is 10.2. The Hall–Kier alpha value is -1.46. The highest BCUT2D eigenvalue weighted by Gasteiger charge is 2.21. The molecule has 1 fully saturated rings. The molecule has 0 radical (unpaired) electrons. The quantitative estimate of drug-likeness (QED) is 0.836. The van der Waals surface area contributed by atoms with Gasteiger partial charge in [0.2, 0.25) is 0 Å². The molecule has 98 valence electrons. The van der Waals surface area contributed by atoms with Crippen molar-refractivity contribution < 1.29 is 19.3 Å². The van der Waals surface area contributed by atoms with E-state index in [1.165, 1.54) is 0 Å². The minimum atomic E-state index is -0.105. The molecule has 1 unspecified atom stereocenters. The number of hydrogen-bond donors (Lipinski definition) is 1. The smallest absolute Gasteiger partial charge is 0.163 e. The van der Waals surface area contributed by atoms with Gasteiger partial charge in [-0.1, -0.05) is 0 Å². The first-order valence-corrected chi connectivity index (χ1v) is 6.24. The van der Waals surface area contributed by atoms with Crippen molar-refractivity contribution in [3.05, 3.63) is 18.2 Å². The molecule has 1 N–H and O–H groups in total. The fourth-order valence-electron chi connectivity index (χ4n) is 2.29. The molecule has 1 aromatic carbocycles. The van der Waals surface area contributed by atoms with Crippen molar-refractivity contribution in [1.29, 1.82) is 0 Å². The van der Waals surface area contributed by atoms with Crippen LogP contribution >= 0.6 is 0 Å². The average Bonchev–Trinajstić information content (AvgIpc) is 2.47. The van der Waals surface area contributed by atoms with Gasteiger partial charge in [-0.05, 0) is 12.1 Å². The zero-order chi connectivity index (χ0) is 12.4. The van der Waals surface area contributed by atoms with Crippen LogP contribution in [0.4, 0.5) is 5.69 Å². The third kappa shape index (κ3) is 2.23. The minimum Gasteiger partial charge on any atom is -0.486 e. The molecule has 1 atom stereocenters. The molecular weight excluding hydrogens is 234 g/mol. The number of ether oxygens (including phenoxy) is 3. The number of aliphatic hydroxyl groups is 1. The first-order valence-electron chi connectivity index (χ1n) is 6.24. The third-order valence-electron chi connectivity index (χ3n) is 3.23. The molecule has 2 heterocycles. The van der Waals surface area contributed by atoms with Gasteiger partial charge in [-0.3, -0.25) is 0 Å². The van der Waals surface area contributed by atoms with Gasteiger partial charge >= 0.3 is 0 Å². The molecule has 0 amide bonds. The van der Waals surface area contributed by atoms with Gasteiger partial charge in [0.15, 0.2) is 11.5 Å². The van der Waals surface area contributed by atoms with Crippen LogP contribution in [0.1, 0.15) is 0 Å². The van der Waals surface area contributed by atoms with Crippen LogP contribution in [-0.4, -0.2) is 50.7 Å². The standard InChI is InChI=1S/C13H17NO4/c15-9-11-8-14(3-4-16-11)10-1-2-12-13(7-10)18-6-5-17-12/h1-2,7,11,15H,3-6,8-9H2. The van der Waals surface area contributed by atoms with Crippen molar-refractivity contribution in [2.24, 2.45) is 0 Å². The van der Waals surface area contributed by atoms with Crippen molar-refractivity contribution in [3.63, 3.8) is 0 Å². The molecule has 2 aliphatic heterocycles. The summed E-state index contributed by atoms with van der Waals surface area (Å²) in [5, 5.41) is 9.15. The maximum atomic E-state index is 9.15. The van der Waals surface area contributed by atoms with Crippen molar-refractivity contribution in [2.75, 3.05) is 44.4 Å². The molecule has 2 aliphatic rings. The van der Waals surface area contributed by atoms with E-state index >= 15 is 0 Å². The number of morpholine rings is 1. The van der Waals surface area contributed by atoms with E-state index in [9.17, 15) is 0 Å². The summed E-state index contributed by atoms with van der Waals surface area (Å²) in [6.07, 6.45) is -0.105. The fourth-order valence-corrected chi connectivity index (χ4v) is 2.29. The van der Waals surface area contributed by atoms with Gasteiger partial charge in [-0.2, -0.15) is 0 Å². The molecule has 0 aliphatic carbocycles. The summed E-state index contributed by atoms with van der Waals surface area (Å²) in [4.78, 5) is 2.20. The summed E-state index contributed by atoms with van der Waals surface area (Å²) < 4.78 is 16.5. The summed E-state index contributed by atoms with van der Waals surface area (Å²) in [6.45, 7) is 3.43. The first-order chi connectivity index (χ1) is 8.86. The largest absolute Gasteiger partial charge is 0.486 e. The number of nitrogens with zero attached hydrogens (tertiary/aromatic N) is 1. The Labute approximate surface area is 106 Å². The van der Waals surface area contributed by atoms with E-state index in [2.05, 4.69) is 4.90 Å². The Bertz CT molecular complexity index is 423. The Morgan fingerprint density at radius 2 is 2.00 bits per heavy atom. The van der Waals surface area contributed by atoms with Crippen LogP contribution in [-0.2, 0) is 4.74 Å². The number of aliphatic hydroxyl groups excluding tert-OH is 1. The minimum absolute atomic E-state index is 0.0566. The highest BCUT2D eigenvalue weighted by molar-refractivity contribution is 5.57. The number of rotatable bonds is 2. The van der Waals surface area contributed by atoms with E-state index in [1.54, 1.807) is 0 Å². The second-order valence-corrected chi connectivity index (χ2v) is 4.45. The maximum Gasteiger partial charge on any atom is 0.163 e. The summed E-state index contributed by atoms with van der Waals surface area (Å²) in [7, 11) is 0. The lowest BCUT2D eigenvalue weighted by Gasteiger charge is -2.34. The lowest BCUT2D eigenvalue weighted by atomic mass is 10.2. The third-order valence-corrected chi connectivity index (χ3v) is 3.23. The van der Waals surface area contributed by atoms with Crippen LogP contribution in [0.3, 0.4) is 0 Å². The van der Waals surface area contributed by atoms with Crippen LogP contribution in [0.5, 0.6) is 11.5 Å². The normalized spacial score (nSPS) is 22.9. The van der Waals surface area contributed by atoms with Crippen LogP contribution in [0.2, 0.25) is 0 Å². The van der Waals surface area contributed by atoms with Crippen LogP contribution in [0.15, 0.2) is 18.2 Å². The predicted molar refractivity (Wildman–Crippen MR) is 66.5 cm³/mol. The zero-order valence-electron chi connectivity index (χ0n) is 10.2. The van der Waals surface area contributed by atoms with Crippen LogP contribution < -0.4 is 14.4 Å². The van der Waals surface area contributed by atoms with Gasteiger partial charge < -0.3 is 24.2 Å². The Balaban J connectivity index is 1.79. The first kappa shape index (κ1) is 11.6.